The lowest BCUT2D eigenvalue weighted by molar-refractivity contribution is -0.139. The van der Waals surface area contributed by atoms with E-state index in [-0.39, 0.29) is 28.9 Å². The average Bonchev–Trinajstić information content (AvgIpc) is 3.05. The Labute approximate surface area is 203 Å². The fourth-order valence-electron chi connectivity index (χ4n) is 9.37. The summed E-state index contributed by atoms with van der Waals surface area (Å²) >= 11 is -0.0376. The number of alkyl halides is 3. The molecule has 0 radical (unpaired) electrons. The van der Waals surface area contributed by atoms with Crippen LogP contribution in [0, 0.1) is 52.3 Å². The van der Waals surface area contributed by atoms with Crippen LogP contribution in [0.5, 0.6) is 0 Å². The highest BCUT2D eigenvalue weighted by Gasteiger charge is 2.62. The summed E-state index contributed by atoms with van der Waals surface area (Å²) < 4.78 is 39.6. The highest BCUT2D eigenvalue weighted by molar-refractivity contribution is 8.01. The lowest BCUT2D eigenvalue weighted by Crippen LogP contribution is -2.55. The third-order valence-electron chi connectivity index (χ3n) is 11.0. The van der Waals surface area contributed by atoms with Gasteiger partial charge in [0.1, 0.15) is 5.78 Å². The Bertz CT molecular complexity index is 720. The molecular formula is C28H45F3OS. The van der Waals surface area contributed by atoms with Crippen LogP contribution in [0.2, 0.25) is 0 Å². The molecule has 4 saturated carbocycles. The Morgan fingerprint density at radius 3 is 2.33 bits per heavy atom. The quantitative estimate of drug-likeness (QED) is 0.373. The van der Waals surface area contributed by atoms with E-state index in [4.69, 9.17) is 0 Å². The maximum atomic E-state index is 13.2. The Morgan fingerprint density at radius 1 is 0.970 bits per heavy atom. The van der Waals surface area contributed by atoms with Crippen molar-refractivity contribution in [1.82, 2.24) is 0 Å². The van der Waals surface area contributed by atoms with Gasteiger partial charge in [0.25, 0.3) is 0 Å². The number of hydrogen-bond donors (Lipinski definition) is 0. The molecule has 0 saturated heterocycles. The lowest BCUT2D eigenvalue weighted by atomic mass is 9.44. The molecule has 0 aromatic rings. The second kappa shape index (κ2) is 9.36. The summed E-state index contributed by atoms with van der Waals surface area (Å²) in [6, 6.07) is 0. The van der Waals surface area contributed by atoms with Gasteiger partial charge in [-0.25, -0.2) is 0 Å². The van der Waals surface area contributed by atoms with Crippen molar-refractivity contribution in [2.24, 2.45) is 52.3 Å². The number of halogens is 3. The van der Waals surface area contributed by atoms with Crippen LogP contribution in [0.1, 0.15) is 105 Å². The molecule has 0 bridgehead atoms. The molecule has 0 heterocycles. The van der Waals surface area contributed by atoms with Gasteiger partial charge in [-0.05, 0) is 109 Å². The summed E-state index contributed by atoms with van der Waals surface area (Å²) in [5.74, 6) is 4.32. The summed E-state index contributed by atoms with van der Waals surface area (Å²) in [6.07, 6.45) is 12.0. The smallest absolute Gasteiger partial charge is 0.298 e. The van der Waals surface area contributed by atoms with Crippen LogP contribution in [-0.2, 0) is 4.79 Å². The van der Waals surface area contributed by atoms with Crippen molar-refractivity contribution in [3.63, 3.8) is 0 Å². The van der Waals surface area contributed by atoms with Gasteiger partial charge in [0, 0.05) is 6.42 Å². The van der Waals surface area contributed by atoms with E-state index >= 15 is 0 Å². The number of Topliss-reactive ketones (excluding diaryl/α,β-unsaturated/α-hetero) is 1. The maximum Gasteiger partial charge on any atom is 0.442 e. The fraction of sp³-hybridized carbons (Fsp3) is 0.964. The average molecular weight is 487 g/mol. The first kappa shape index (κ1) is 25.9. The number of carbonyl (C=O) groups is 1. The number of fused-ring (bicyclic) bond motifs is 5. The van der Waals surface area contributed by atoms with E-state index in [9.17, 15) is 18.0 Å². The van der Waals surface area contributed by atoms with E-state index in [0.717, 1.165) is 36.5 Å². The van der Waals surface area contributed by atoms with E-state index in [1.165, 1.54) is 44.9 Å². The summed E-state index contributed by atoms with van der Waals surface area (Å²) in [7, 11) is 0. The van der Waals surface area contributed by atoms with Crippen molar-refractivity contribution < 1.29 is 18.0 Å². The highest BCUT2D eigenvalue weighted by Crippen LogP contribution is 2.68. The Kier molecular flexibility index (Phi) is 7.34. The zero-order valence-electron chi connectivity index (χ0n) is 21.3. The summed E-state index contributed by atoms with van der Waals surface area (Å²) in [6.45, 7) is 11.9. The SMILES string of the molecule is CC(C)CCC[C@@H](C)[C@H]1CC[C@H]2[C@@H]3CC[C@H]4CC(=O)[C@H](SC(F)(F)F)C[C@]4(C)[C@H]3CC[C@]12C. The molecule has 9 atom stereocenters. The number of ketones is 1. The first-order chi connectivity index (χ1) is 15.3. The van der Waals surface area contributed by atoms with Crippen molar-refractivity contribution in [3.05, 3.63) is 0 Å². The molecule has 0 spiro atoms. The van der Waals surface area contributed by atoms with Crippen molar-refractivity contribution >= 4 is 17.5 Å². The molecule has 33 heavy (non-hydrogen) atoms. The molecule has 1 nitrogen and oxygen atoms in total. The normalized spacial score (nSPS) is 44.3. The van der Waals surface area contributed by atoms with Gasteiger partial charge in [0.2, 0.25) is 0 Å². The summed E-state index contributed by atoms with van der Waals surface area (Å²) in [5, 5.41) is -0.893. The van der Waals surface area contributed by atoms with Crippen molar-refractivity contribution in [1.29, 1.82) is 0 Å². The van der Waals surface area contributed by atoms with Gasteiger partial charge in [0.15, 0.2) is 0 Å². The van der Waals surface area contributed by atoms with E-state index < -0.39 is 10.8 Å². The largest absolute Gasteiger partial charge is 0.442 e. The van der Waals surface area contributed by atoms with Crippen LogP contribution in [-0.4, -0.2) is 16.5 Å². The van der Waals surface area contributed by atoms with Crippen molar-refractivity contribution in [2.45, 2.75) is 116 Å². The predicted molar refractivity (Wildman–Crippen MR) is 131 cm³/mol. The number of carbonyl (C=O) groups excluding carboxylic acids is 1. The van der Waals surface area contributed by atoms with Gasteiger partial charge in [-0.3, -0.25) is 4.79 Å². The van der Waals surface area contributed by atoms with E-state index in [1.54, 1.807) is 0 Å². The molecule has 5 heteroatoms. The molecule has 4 rings (SSSR count). The topological polar surface area (TPSA) is 17.1 Å². The standard InChI is InChI=1S/C28H45F3OS/c1-17(2)7-6-8-18(3)21-11-12-22-20-10-9-19-15-24(32)25(33-28(29,30)31)16-27(19,5)23(20)13-14-26(21,22)4/h17-23,25H,6-16H2,1-5H3/t18-,19+,20+,21-,22+,23+,25-,26-,27+/m1/s1. The Balaban J connectivity index is 1.49. The molecule has 190 valence electrons. The second-order valence-electron chi connectivity index (χ2n) is 13.1. The van der Waals surface area contributed by atoms with Gasteiger partial charge in [-0.15, -0.1) is 0 Å². The lowest BCUT2D eigenvalue weighted by Gasteiger charge is -2.61. The first-order valence-corrected chi connectivity index (χ1v) is 14.5. The van der Waals surface area contributed by atoms with E-state index in [0.29, 0.717) is 30.1 Å². The second-order valence-corrected chi connectivity index (χ2v) is 14.4. The number of rotatable bonds is 6. The van der Waals surface area contributed by atoms with Gasteiger partial charge in [-0.2, -0.15) is 13.2 Å². The number of hydrogen-bond acceptors (Lipinski definition) is 2. The summed E-state index contributed by atoms with van der Waals surface area (Å²) in [4.78, 5) is 12.6. The van der Waals surface area contributed by atoms with E-state index in [1.807, 2.05) is 0 Å². The molecular weight excluding hydrogens is 441 g/mol. The van der Waals surface area contributed by atoms with Crippen LogP contribution in [0.4, 0.5) is 13.2 Å². The minimum absolute atomic E-state index is 0.0376. The van der Waals surface area contributed by atoms with Crippen LogP contribution in [0.15, 0.2) is 0 Å². The molecule has 0 N–H and O–H groups in total. The summed E-state index contributed by atoms with van der Waals surface area (Å²) in [5.41, 5.74) is -4.04. The van der Waals surface area contributed by atoms with Gasteiger partial charge < -0.3 is 0 Å². The highest BCUT2D eigenvalue weighted by atomic mass is 32.2. The van der Waals surface area contributed by atoms with Crippen LogP contribution < -0.4 is 0 Å². The number of thioether (sulfide) groups is 1. The third kappa shape index (κ3) is 4.92. The van der Waals surface area contributed by atoms with Gasteiger partial charge in [-0.1, -0.05) is 53.9 Å². The minimum Gasteiger partial charge on any atom is -0.298 e. The molecule has 0 unspecified atom stereocenters. The minimum atomic E-state index is -4.33. The Hall–Kier alpha value is -0.190. The van der Waals surface area contributed by atoms with Gasteiger partial charge >= 0.3 is 5.51 Å². The predicted octanol–water partition coefficient (Wildman–Crippen LogP) is 8.91. The van der Waals surface area contributed by atoms with Crippen LogP contribution in [0.3, 0.4) is 0 Å². The van der Waals surface area contributed by atoms with Gasteiger partial charge in [0.05, 0.1) is 5.25 Å². The molecule has 4 aliphatic rings. The maximum absolute atomic E-state index is 13.2. The van der Waals surface area contributed by atoms with Crippen LogP contribution in [0.25, 0.3) is 0 Å². The van der Waals surface area contributed by atoms with Crippen molar-refractivity contribution in [3.8, 4) is 0 Å². The van der Waals surface area contributed by atoms with E-state index in [2.05, 4.69) is 34.6 Å². The molecule has 4 fully saturated rings. The zero-order valence-corrected chi connectivity index (χ0v) is 22.2. The monoisotopic (exact) mass is 486 g/mol. The third-order valence-corrected chi connectivity index (χ3v) is 12.0. The molecule has 0 aromatic carbocycles. The Morgan fingerprint density at radius 2 is 1.67 bits per heavy atom. The first-order valence-electron chi connectivity index (χ1n) is 13.6. The molecule has 0 aromatic heterocycles. The van der Waals surface area contributed by atoms with Crippen molar-refractivity contribution in [2.75, 3.05) is 0 Å². The molecule has 4 aliphatic carbocycles. The van der Waals surface area contributed by atoms with Crippen LogP contribution >= 0.6 is 11.8 Å². The molecule has 0 aliphatic heterocycles. The zero-order chi connectivity index (χ0) is 24.2. The molecule has 0 amide bonds. The fourth-order valence-corrected chi connectivity index (χ4v) is 10.4.